The molecule has 2 unspecified atom stereocenters. The highest BCUT2D eigenvalue weighted by Gasteiger charge is 2.39. The van der Waals surface area contributed by atoms with Crippen LogP contribution in [0.3, 0.4) is 0 Å². The van der Waals surface area contributed by atoms with Crippen molar-refractivity contribution in [2.45, 2.75) is 15.4 Å². The van der Waals surface area contributed by atoms with Gasteiger partial charge in [0.25, 0.3) is 0 Å². The fourth-order valence-electron chi connectivity index (χ4n) is 0.933. The molecule has 16 heavy (non-hydrogen) atoms. The molecule has 1 fully saturated rings. The van der Waals surface area contributed by atoms with Crippen LogP contribution in [0.5, 0.6) is 0 Å². The lowest BCUT2D eigenvalue weighted by Crippen LogP contribution is -2.29. The van der Waals surface area contributed by atoms with Crippen molar-refractivity contribution in [1.82, 2.24) is 0 Å². The Morgan fingerprint density at radius 3 is 2.50 bits per heavy atom. The maximum Gasteiger partial charge on any atom is 0.212 e. The smallest absolute Gasteiger partial charge is 0.168 e. The van der Waals surface area contributed by atoms with Crippen LogP contribution in [0.15, 0.2) is 0 Å². The lowest BCUT2D eigenvalue weighted by atomic mass is 11.0. The predicted octanol–water partition coefficient (Wildman–Crippen LogP) is 4.56. The molecule has 0 saturated carbocycles. The van der Waals surface area contributed by atoms with Gasteiger partial charge in [-0.05, 0) is 6.92 Å². The summed E-state index contributed by atoms with van der Waals surface area (Å²) in [5, 5.41) is 5.89. The van der Waals surface area contributed by atoms with Crippen molar-refractivity contribution in [3.63, 3.8) is 0 Å². The van der Waals surface area contributed by atoms with Gasteiger partial charge < -0.3 is 0 Å². The summed E-state index contributed by atoms with van der Waals surface area (Å²) in [6.45, 7) is 2.25. The van der Waals surface area contributed by atoms with Crippen molar-refractivity contribution in [2.75, 3.05) is 25.4 Å². The van der Waals surface area contributed by atoms with Crippen molar-refractivity contribution in [3.8, 4) is 0 Å². The average Bonchev–Trinajstić information content (AvgIpc) is 2.18. The molecule has 2 atom stereocenters. The predicted molar refractivity (Wildman–Crippen MR) is 101 cm³/mol. The van der Waals surface area contributed by atoms with Crippen LogP contribution in [0.4, 0.5) is 0 Å². The molecule has 96 valence electrons. The molecule has 0 aliphatic carbocycles. The molecule has 0 radical (unpaired) electrons. The topological polar surface area (TPSA) is 0 Å². The van der Waals surface area contributed by atoms with Crippen molar-refractivity contribution >= 4 is 95.0 Å². The second-order valence-electron chi connectivity index (χ2n) is 2.90. The molecule has 0 aromatic heterocycles. The van der Waals surface area contributed by atoms with E-state index in [0.29, 0.717) is 15.5 Å². The standard InChI is InChI=1S/C8H16S8/c1-7(10)16(8-14-5-15-8)6-13-4-12-3-11-2-9/h7-8H,2-6H2,1H3,(H-,9,10)/p+1. The Labute approximate surface area is 134 Å². The maximum atomic E-state index is 4.63. The summed E-state index contributed by atoms with van der Waals surface area (Å²) < 4.78 is 1.38. The Bertz CT molecular complexity index is 171. The minimum atomic E-state index is 0.476. The van der Waals surface area contributed by atoms with Gasteiger partial charge in [0.05, 0.1) is 5.08 Å². The third kappa shape index (κ3) is 6.82. The van der Waals surface area contributed by atoms with E-state index < -0.39 is 0 Å². The van der Waals surface area contributed by atoms with Gasteiger partial charge in [0, 0.05) is 26.1 Å². The lowest BCUT2D eigenvalue weighted by molar-refractivity contribution is 1.41. The Morgan fingerprint density at radius 2 is 2.00 bits per heavy atom. The summed E-state index contributed by atoms with van der Waals surface area (Å²) in [4.78, 5) is 0. The van der Waals surface area contributed by atoms with Crippen LogP contribution < -0.4 is 0 Å². The summed E-state index contributed by atoms with van der Waals surface area (Å²) >= 11 is 19.0. The first kappa shape index (κ1) is 16.9. The molecule has 0 aromatic carbocycles. The van der Waals surface area contributed by atoms with E-state index in [0.717, 1.165) is 9.00 Å². The van der Waals surface area contributed by atoms with Crippen LogP contribution in [0.2, 0.25) is 0 Å². The molecule has 0 aromatic rings. The van der Waals surface area contributed by atoms with Gasteiger partial charge in [0.2, 0.25) is 3.91 Å². The molecule has 0 nitrogen and oxygen atoms in total. The molecule has 8 heteroatoms. The van der Waals surface area contributed by atoms with Crippen LogP contribution in [-0.4, -0.2) is 33.9 Å². The van der Waals surface area contributed by atoms with E-state index in [-0.39, 0.29) is 0 Å². The van der Waals surface area contributed by atoms with Gasteiger partial charge in [0.1, 0.15) is 0 Å². The first-order valence-electron chi connectivity index (χ1n) is 4.69. The fourth-order valence-corrected chi connectivity index (χ4v) is 13.7. The van der Waals surface area contributed by atoms with E-state index >= 15 is 0 Å². The molecular formula is C8H17S8+. The number of hydrogen-bond donors (Lipinski definition) is 2. The number of thiol groups is 2. The Morgan fingerprint density at radius 1 is 1.31 bits per heavy atom. The van der Waals surface area contributed by atoms with Crippen molar-refractivity contribution in [1.29, 1.82) is 0 Å². The maximum absolute atomic E-state index is 4.63. The third-order valence-electron chi connectivity index (χ3n) is 1.74. The molecule has 1 heterocycles. The van der Waals surface area contributed by atoms with Gasteiger partial charge in [-0.2, -0.15) is 12.6 Å². The van der Waals surface area contributed by atoms with Crippen LogP contribution >= 0.6 is 84.1 Å². The molecule has 0 N–H and O–H groups in total. The molecule has 0 bridgehead atoms. The van der Waals surface area contributed by atoms with Gasteiger partial charge in [-0.25, -0.2) is 0 Å². The first-order chi connectivity index (χ1) is 7.75. The van der Waals surface area contributed by atoms with E-state index in [1.165, 1.54) is 20.3 Å². The fraction of sp³-hybridized carbons (Fsp3) is 1.00. The second-order valence-corrected chi connectivity index (χ2v) is 14.7. The normalized spacial score (nSPS) is 20.4. The molecular weight excluding hydrogens is 353 g/mol. The quantitative estimate of drug-likeness (QED) is 0.264. The molecule has 1 rings (SSSR count). The molecule has 1 saturated heterocycles. The molecule has 0 spiro atoms. The van der Waals surface area contributed by atoms with Crippen LogP contribution in [0.1, 0.15) is 6.92 Å². The van der Waals surface area contributed by atoms with Crippen molar-refractivity contribution in [3.05, 3.63) is 0 Å². The summed E-state index contributed by atoms with van der Waals surface area (Å²) in [5.74, 6) is 0. The Balaban J connectivity index is 2.03. The Kier molecular flexibility index (Phi) is 11.1. The van der Waals surface area contributed by atoms with E-state index in [1.54, 1.807) is 0 Å². The summed E-state index contributed by atoms with van der Waals surface area (Å²) in [6.07, 6.45) is 0. The highest BCUT2D eigenvalue weighted by Crippen LogP contribution is 2.46. The number of thioether (sulfide) groups is 5. The minimum absolute atomic E-state index is 0.476. The first-order valence-corrected chi connectivity index (χ1v) is 12.9. The molecule has 0 amide bonds. The zero-order chi connectivity index (χ0) is 11.8. The van der Waals surface area contributed by atoms with Crippen LogP contribution in [0.25, 0.3) is 0 Å². The van der Waals surface area contributed by atoms with Gasteiger partial charge in [-0.3, -0.25) is 0 Å². The number of rotatable bonds is 9. The Hall–Kier alpha value is 2.80. The zero-order valence-corrected chi connectivity index (χ0v) is 15.7. The second kappa shape index (κ2) is 10.6. The van der Waals surface area contributed by atoms with Gasteiger partial charge >= 0.3 is 0 Å². The number of hydrogen-bond acceptors (Lipinski definition) is 7. The van der Waals surface area contributed by atoms with E-state index in [2.05, 4.69) is 67.5 Å². The highest BCUT2D eigenvalue weighted by atomic mass is 32.3. The van der Waals surface area contributed by atoms with E-state index in [4.69, 9.17) is 0 Å². The van der Waals surface area contributed by atoms with Crippen LogP contribution in [0, 0.1) is 0 Å². The van der Waals surface area contributed by atoms with Crippen molar-refractivity contribution < 1.29 is 0 Å². The van der Waals surface area contributed by atoms with Gasteiger partial charge in [0.15, 0.2) is 9.67 Å². The van der Waals surface area contributed by atoms with E-state index in [9.17, 15) is 0 Å². The summed E-state index contributed by atoms with van der Waals surface area (Å²) in [6, 6.07) is 0. The third-order valence-corrected chi connectivity index (χ3v) is 13.8. The highest BCUT2D eigenvalue weighted by molar-refractivity contribution is 8.44. The SMILES string of the molecule is CC(S)[S+](CSCSCSCS)C1SCS1. The summed E-state index contributed by atoms with van der Waals surface area (Å²) in [5.41, 5.74) is 0. The van der Waals surface area contributed by atoms with Crippen molar-refractivity contribution in [2.24, 2.45) is 0 Å². The van der Waals surface area contributed by atoms with Gasteiger partial charge in [-0.15, -0.1) is 36.2 Å². The van der Waals surface area contributed by atoms with Crippen LogP contribution in [-0.2, 0) is 10.9 Å². The monoisotopic (exact) mass is 369 g/mol. The lowest BCUT2D eigenvalue weighted by Gasteiger charge is -2.26. The largest absolute Gasteiger partial charge is 0.212 e. The minimum Gasteiger partial charge on any atom is -0.168 e. The van der Waals surface area contributed by atoms with E-state index in [1.807, 2.05) is 23.5 Å². The molecule has 1 aliphatic rings. The average molecular weight is 370 g/mol. The summed E-state index contributed by atoms with van der Waals surface area (Å²) in [7, 11) is 0.476. The van der Waals surface area contributed by atoms with Gasteiger partial charge in [-0.1, -0.05) is 35.3 Å². The zero-order valence-electron chi connectivity index (χ0n) is 9.03. The molecule has 1 aliphatic heterocycles.